The monoisotopic (exact) mass is 470 g/mol. The average molecular weight is 470 g/mol. The number of pyridine rings is 1. The first-order valence-electron chi connectivity index (χ1n) is 10.6. The molecule has 2 amide bonds. The van der Waals surface area contributed by atoms with Crippen LogP contribution in [0, 0.1) is 34.7 Å². The number of aromatic amines is 1. The van der Waals surface area contributed by atoms with Crippen LogP contribution in [0.4, 0.5) is 23.7 Å². The van der Waals surface area contributed by atoms with E-state index in [1.165, 1.54) is 17.0 Å². The van der Waals surface area contributed by atoms with Gasteiger partial charge in [0.2, 0.25) is 0 Å². The van der Waals surface area contributed by atoms with Crippen molar-refractivity contribution < 1.29 is 22.7 Å². The molecule has 0 aliphatic carbocycles. The van der Waals surface area contributed by atoms with Crippen molar-refractivity contribution in [3.05, 3.63) is 75.0 Å². The van der Waals surface area contributed by atoms with Gasteiger partial charge in [-0.05, 0) is 41.6 Å². The molecule has 2 heterocycles. The Labute approximate surface area is 192 Å². The van der Waals surface area contributed by atoms with E-state index < -0.39 is 35.1 Å². The summed E-state index contributed by atoms with van der Waals surface area (Å²) < 4.78 is 47.4. The molecule has 3 aromatic rings. The molecule has 2 N–H and O–H groups in total. The third-order valence-corrected chi connectivity index (χ3v) is 5.58. The van der Waals surface area contributed by atoms with Crippen LogP contribution in [0.25, 0.3) is 10.8 Å². The topological polar surface area (TPSA) is 98.2 Å². The first kappa shape index (κ1) is 23.3. The Hall–Kier alpha value is -3.84. The molecular formula is C24H21F3N4O3. The first-order valence-corrected chi connectivity index (χ1v) is 10.6. The van der Waals surface area contributed by atoms with Crippen molar-refractivity contribution in [1.82, 2.24) is 9.88 Å². The number of aromatic nitrogens is 1. The fourth-order valence-electron chi connectivity index (χ4n) is 4.12. The SMILES string of the molecule is CC(C)CN(C(=O)Nc1ccc(F)c(C#N)c1)[C@H]1COCc2[nH]c(=O)c3cc(F)c(F)cc3c21. The number of carbonyl (C=O) groups is 1. The highest BCUT2D eigenvalue weighted by atomic mass is 19.2. The number of nitriles is 1. The second kappa shape index (κ2) is 9.19. The molecule has 1 aliphatic heterocycles. The van der Waals surface area contributed by atoms with Gasteiger partial charge in [-0.2, -0.15) is 5.26 Å². The maximum atomic E-state index is 14.2. The van der Waals surface area contributed by atoms with Gasteiger partial charge in [-0.25, -0.2) is 18.0 Å². The Morgan fingerprint density at radius 3 is 2.59 bits per heavy atom. The highest BCUT2D eigenvalue weighted by molar-refractivity contribution is 5.91. The lowest BCUT2D eigenvalue weighted by atomic mass is 9.94. The van der Waals surface area contributed by atoms with Gasteiger partial charge in [-0.15, -0.1) is 0 Å². The third-order valence-electron chi connectivity index (χ3n) is 5.58. The molecule has 1 aromatic heterocycles. The van der Waals surface area contributed by atoms with Crippen molar-refractivity contribution in [2.75, 3.05) is 18.5 Å². The van der Waals surface area contributed by atoms with E-state index in [9.17, 15) is 22.8 Å². The Kier molecular flexibility index (Phi) is 6.30. The van der Waals surface area contributed by atoms with Gasteiger partial charge in [0.25, 0.3) is 5.56 Å². The van der Waals surface area contributed by atoms with E-state index in [4.69, 9.17) is 10.00 Å². The largest absolute Gasteiger partial charge is 0.373 e. The van der Waals surface area contributed by atoms with Crippen molar-refractivity contribution in [3.63, 3.8) is 0 Å². The molecule has 0 saturated heterocycles. The Morgan fingerprint density at radius 1 is 1.21 bits per heavy atom. The number of benzene rings is 2. The molecule has 1 aliphatic rings. The van der Waals surface area contributed by atoms with Gasteiger partial charge in [0, 0.05) is 23.5 Å². The highest BCUT2D eigenvalue weighted by Gasteiger charge is 2.33. The average Bonchev–Trinajstić information content (AvgIpc) is 2.79. The number of carbonyl (C=O) groups excluding carboxylic acids is 1. The third kappa shape index (κ3) is 4.34. The molecule has 7 nitrogen and oxygen atoms in total. The van der Waals surface area contributed by atoms with Crippen LogP contribution in [0.5, 0.6) is 0 Å². The summed E-state index contributed by atoms with van der Waals surface area (Å²) in [5.74, 6) is -2.95. The number of amides is 2. The summed E-state index contributed by atoms with van der Waals surface area (Å²) in [6.45, 7) is 4.15. The smallest absolute Gasteiger partial charge is 0.322 e. The molecule has 2 aromatic carbocycles. The number of halogens is 3. The standard InChI is InChI=1S/C24H21F3N4O3/c1-12(2)9-31(24(33)29-14-3-4-17(25)13(5-14)8-28)21-11-34-10-20-22(21)15-6-18(26)19(27)7-16(15)23(32)30-20/h3-7,12,21H,9-11H2,1-2H3,(H,29,33)(H,30,32)/t21-/m0/s1. The Morgan fingerprint density at radius 2 is 1.91 bits per heavy atom. The summed E-state index contributed by atoms with van der Waals surface area (Å²) >= 11 is 0. The molecule has 1 atom stereocenters. The van der Waals surface area contributed by atoms with Crippen molar-refractivity contribution in [3.8, 4) is 6.07 Å². The zero-order chi connectivity index (χ0) is 24.6. The quantitative estimate of drug-likeness (QED) is 0.583. The summed E-state index contributed by atoms with van der Waals surface area (Å²) in [5, 5.41) is 11.9. The molecule has 0 radical (unpaired) electrons. The number of hydrogen-bond acceptors (Lipinski definition) is 4. The van der Waals surface area contributed by atoms with Crippen molar-refractivity contribution in [2.24, 2.45) is 5.92 Å². The number of anilines is 1. The van der Waals surface area contributed by atoms with Crippen molar-refractivity contribution >= 4 is 22.5 Å². The minimum atomic E-state index is -1.15. The fourth-order valence-corrected chi connectivity index (χ4v) is 4.12. The van der Waals surface area contributed by atoms with E-state index in [0.717, 1.165) is 18.2 Å². The van der Waals surface area contributed by atoms with Crippen molar-refractivity contribution in [1.29, 1.82) is 5.26 Å². The zero-order valence-corrected chi connectivity index (χ0v) is 18.4. The maximum Gasteiger partial charge on any atom is 0.322 e. The van der Waals surface area contributed by atoms with Gasteiger partial charge in [0.05, 0.1) is 30.2 Å². The number of hydrogen-bond donors (Lipinski definition) is 2. The normalized spacial score (nSPS) is 15.1. The molecule has 0 bridgehead atoms. The lowest BCUT2D eigenvalue weighted by molar-refractivity contribution is 0.0425. The van der Waals surface area contributed by atoms with Gasteiger partial charge >= 0.3 is 6.03 Å². The van der Waals surface area contributed by atoms with Crippen LogP contribution >= 0.6 is 0 Å². The minimum Gasteiger partial charge on any atom is -0.373 e. The number of nitrogens with zero attached hydrogens (tertiary/aromatic N) is 2. The summed E-state index contributed by atoms with van der Waals surface area (Å²) in [7, 11) is 0. The Balaban J connectivity index is 1.80. The van der Waals surface area contributed by atoms with E-state index in [1.807, 2.05) is 13.8 Å². The first-order chi connectivity index (χ1) is 16.2. The van der Waals surface area contributed by atoms with Gasteiger partial charge in [0.15, 0.2) is 11.6 Å². The van der Waals surface area contributed by atoms with Gasteiger partial charge < -0.3 is 19.9 Å². The van der Waals surface area contributed by atoms with Crippen LogP contribution in [0.1, 0.15) is 36.7 Å². The molecule has 34 heavy (non-hydrogen) atoms. The van der Waals surface area contributed by atoms with Gasteiger partial charge in [0.1, 0.15) is 11.9 Å². The molecule has 10 heteroatoms. The number of nitrogens with one attached hydrogen (secondary N) is 2. The lowest BCUT2D eigenvalue weighted by Gasteiger charge is -2.37. The van der Waals surface area contributed by atoms with Crippen LogP contribution in [-0.4, -0.2) is 29.1 Å². The van der Waals surface area contributed by atoms with Crippen LogP contribution in [0.2, 0.25) is 0 Å². The molecule has 0 saturated carbocycles. The maximum absolute atomic E-state index is 14.2. The molecule has 176 valence electrons. The number of fused-ring (bicyclic) bond motifs is 3. The van der Waals surface area contributed by atoms with Gasteiger partial charge in [-0.1, -0.05) is 13.8 Å². The summed E-state index contributed by atoms with van der Waals surface area (Å²) in [6.07, 6.45) is 0. The second-order valence-corrected chi connectivity index (χ2v) is 8.47. The summed E-state index contributed by atoms with van der Waals surface area (Å²) in [5.41, 5.74) is 0.239. The van der Waals surface area contributed by atoms with Crippen LogP contribution < -0.4 is 10.9 Å². The summed E-state index contributed by atoms with van der Waals surface area (Å²) in [6, 6.07) is 5.86. The zero-order valence-electron chi connectivity index (χ0n) is 18.4. The van der Waals surface area contributed by atoms with Crippen molar-refractivity contribution in [2.45, 2.75) is 26.5 Å². The van der Waals surface area contributed by atoms with Crippen LogP contribution in [0.3, 0.4) is 0 Å². The van der Waals surface area contributed by atoms with E-state index in [2.05, 4.69) is 10.3 Å². The minimum absolute atomic E-state index is 0.0159. The summed E-state index contributed by atoms with van der Waals surface area (Å²) in [4.78, 5) is 30.0. The van der Waals surface area contributed by atoms with E-state index in [-0.39, 0.29) is 47.7 Å². The number of rotatable bonds is 4. The number of ether oxygens (including phenoxy) is 1. The molecule has 4 rings (SSSR count). The molecule has 0 fully saturated rings. The Bertz CT molecular complexity index is 1380. The molecular weight excluding hydrogens is 449 g/mol. The fraction of sp³-hybridized carbons (Fsp3) is 0.292. The predicted octanol–water partition coefficient (Wildman–Crippen LogP) is 4.58. The molecule has 0 unspecified atom stereocenters. The predicted molar refractivity (Wildman–Crippen MR) is 119 cm³/mol. The second-order valence-electron chi connectivity index (χ2n) is 8.47. The molecule has 0 spiro atoms. The van der Waals surface area contributed by atoms with Gasteiger partial charge in [-0.3, -0.25) is 4.79 Å². The number of H-pyrrole nitrogens is 1. The lowest BCUT2D eigenvalue weighted by Crippen LogP contribution is -2.44. The van der Waals surface area contributed by atoms with Crippen LogP contribution in [-0.2, 0) is 11.3 Å². The van der Waals surface area contributed by atoms with E-state index in [1.54, 1.807) is 6.07 Å². The van der Waals surface area contributed by atoms with E-state index >= 15 is 0 Å². The van der Waals surface area contributed by atoms with Crippen LogP contribution in [0.15, 0.2) is 35.1 Å². The van der Waals surface area contributed by atoms with E-state index in [0.29, 0.717) is 11.3 Å². The number of urea groups is 1. The highest BCUT2D eigenvalue weighted by Crippen LogP contribution is 2.35.